The Labute approximate surface area is 151 Å². The van der Waals surface area contributed by atoms with Crippen molar-refractivity contribution in [3.8, 4) is 11.8 Å². The Morgan fingerprint density at radius 1 is 1.08 bits per heavy atom. The van der Waals surface area contributed by atoms with Crippen molar-refractivity contribution in [2.75, 3.05) is 0 Å². The van der Waals surface area contributed by atoms with Crippen LogP contribution >= 0.6 is 23.2 Å². The fourth-order valence-corrected chi connectivity index (χ4v) is 3.10. The van der Waals surface area contributed by atoms with Crippen LogP contribution in [0, 0.1) is 18.3 Å². The predicted octanol–water partition coefficient (Wildman–Crippen LogP) is 6.16. The summed E-state index contributed by atoms with van der Waals surface area (Å²) < 4.78 is 2.09. The largest absolute Gasteiger partial charge is 0.321 e. The number of nitrogens with zero attached hydrogens (tertiary/aromatic N) is 2. The van der Waals surface area contributed by atoms with Crippen molar-refractivity contribution in [1.29, 1.82) is 5.26 Å². The van der Waals surface area contributed by atoms with Gasteiger partial charge in [0.1, 0.15) is 0 Å². The van der Waals surface area contributed by atoms with Gasteiger partial charge in [0.2, 0.25) is 0 Å². The first-order chi connectivity index (χ1) is 11.6. The fourth-order valence-electron chi connectivity index (χ4n) is 2.59. The molecule has 24 heavy (non-hydrogen) atoms. The molecule has 0 aliphatic heterocycles. The SMILES string of the molecule is Cc1cc(/C=C(\C#N)c2ccc(Cl)cc2Cl)cn1-c1ccccc1. The molecule has 4 heteroatoms. The van der Waals surface area contributed by atoms with Gasteiger partial charge in [0, 0.05) is 28.2 Å². The van der Waals surface area contributed by atoms with Crippen molar-refractivity contribution in [1.82, 2.24) is 4.57 Å². The third kappa shape index (κ3) is 3.38. The van der Waals surface area contributed by atoms with Gasteiger partial charge >= 0.3 is 0 Å². The maximum Gasteiger partial charge on any atom is 0.0998 e. The van der Waals surface area contributed by atoms with E-state index in [-0.39, 0.29) is 0 Å². The molecule has 2 nitrogen and oxygen atoms in total. The number of allylic oxidation sites excluding steroid dienone is 1. The van der Waals surface area contributed by atoms with E-state index >= 15 is 0 Å². The lowest BCUT2D eigenvalue weighted by Gasteiger charge is -2.04. The topological polar surface area (TPSA) is 28.7 Å². The lowest BCUT2D eigenvalue weighted by Crippen LogP contribution is -1.92. The van der Waals surface area contributed by atoms with Gasteiger partial charge < -0.3 is 4.57 Å². The Morgan fingerprint density at radius 3 is 2.50 bits per heavy atom. The molecule has 0 N–H and O–H groups in total. The minimum atomic E-state index is 0.467. The number of para-hydroxylation sites is 1. The minimum absolute atomic E-state index is 0.467. The Bertz CT molecular complexity index is 948. The van der Waals surface area contributed by atoms with Crippen LogP contribution in [0.15, 0.2) is 60.8 Å². The third-order valence-electron chi connectivity index (χ3n) is 3.72. The summed E-state index contributed by atoms with van der Waals surface area (Å²) in [6.07, 6.45) is 3.84. The highest BCUT2D eigenvalue weighted by atomic mass is 35.5. The van der Waals surface area contributed by atoms with E-state index in [1.165, 1.54) is 0 Å². The van der Waals surface area contributed by atoms with Crippen LogP contribution in [0.4, 0.5) is 0 Å². The number of aromatic nitrogens is 1. The predicted molar refractivity (Wildman–Crippen MR) is 100 cm³/mol. The zero-order valence-corrected chi connectivity index (χ0v) is 14.5. The molecule has 0 saturated heterocycles. The first-order valence-electron chi connectivity index (χ1n) is 7.40. The molecule has 0 atom stereocenters. The zero-order valence-electron chi connectivity index (χ0n) is 13.0. The number of hydrogen-bond acceptors (Lipinski definition) is 1. The number of benzene rings is 2. The Balaban J connectivity index is 2.03. The molecule has 118 valence electrons. The van der Waals surface area contributed by atoms with Gasteiger partial charge in [-0.1, -0.05) is 47.5 Å². The standard InChI is InChI=1S/C20H14Cl2N2/c1-14-9-15(13-24(14)18-5-3-2-4-6-18)10-16(12-23)19-8-7-17(21)11-20(19)22/h2-11,13H,1H3/b16-10+. The second-order valence-electron chi connectivity index (χ2n) is 5.41. The van der Waals surface area contributed by atoms with Gasteiger partial charge in [-0.15, -0.1) is 0 Å². The minimum Gasteiger partial charge on any atom is -0.321 e. The van der Waals surface area contributed by atoms with Crippen LogP contribution in [0.1, 0.15) is 16.8 Å². The van der Waals surface area contributed by atoms with Crippen LogP contribution in [-0.4, -0.2) is 4.57 Å². The molecule has 0 radical (unpaired) electrons. The second-order valence-corrected chi connectivity index (χ2v) is 6.26. The van der Waals surface area contributed by atoms with Gasteiger partial charge in [0.25, 0.3) is 0 Å². The molecule has 0 spiro atoms. The maximum absolute atomic E-state index is 9.51. The monoisotopic (exact) mass is 352 g/mol. The van der Waals surface area contributed by atoms with Crippen LogP contribution in [0.2, 0.25) is 10.0 Å². The number of rotatable bonds is 3. The first-order valence-corrected chi connectivity index (χ1v) is 8.16. The van der Waals surface area contributed by atoms with Crippen LogP contribution < -0.4 is 0 Å². The van der Waals surface area contributed by atoms with Gasteiger partial charge in [0.05, 0.1) is 16.7 Å². The molecule has 0 saturated carbocycles. The van der Waals surface area contributed by atoms with Crippen molar-refractivity contribution >= 4 is 34.9 Å². The van der Waals surface area contributed by atoms with Crippen LogP contribution in [-0.2, 0) is 0 Å². The van der Waals surface area contributed by atoms with E-state index in [4.69, 9.17) is 23.2 Å². The highest BCUT2D eigenvalue weighted by molar-refractivity contribution is 6.36. The van der Waals surface area contributed by atoms with Gasteiger partial charge in [-0.2, -0.15) is 5.26 Å². The van der Waals surface area contributed by atoms with E-state index in [2.05, 4.69) is 10.6 Å². The molecule has 2 aromatic carbocycles. The summed E-state index contributed by atoms with van der Waals surface area (Å²) in [5.74, 6) is 0. The average molecular weight is 353 g/mol. The highest BCUT2D eigenvalue weighted by Gasteiger charge is 2.09. The first kappa shape index (κ1) is 16.4. The molecular formula is C20H14Cl2N2. The van der Waals surface area contributed by atoms with E-state index in [0.717, 1.165) is 16.9 Å². The van der Waals surface area contributed by atoms with Crippen LogP contribution in [0.25, 0.3) is 17.3 Å². The van der Waals surface area contributed by atoms with Crippen molar-refractivity contribution in [2.45, 2.75) is 6.92 Å². The van der Waals surface area contributed by atoms with Crippen molar-refractivity contribution in [2.24, 2.45) is 0 Å². The van der Waals surface area contributed by atoms with E-state index in [9.17, 15) is 5.26 Å². The fraction of sp³-hybridized carbons (Fsp3) is 0.0500. The molecule has 0 fully saturated rings. The van der Waals surface area contributed by atoms with E-state index in [0.29, 0.717) is 21.2 Å². The number of halogens is 2. The summed E-state index contributed by atoms with van der Waals surface area (Å²) in [7, 11) is 0. The second kappa shape index (κ2) is 6.97. The highest BCUT2D eigenvalue weighted by Crippen LogP contribution is 2.28. The lowest BCUT2D eigenvalue weighted by atomic mass is 10.1. The smallest absolute Gasteiger partial charge is 0.0998 e. The quantitative estimate of drug-likeness (QED) is 0.519. The summed E-state index contributed by atoms with van der Waals surface area (Å²) in [5, 5.41) is 10.5. The Morgan fingerprint density at radius 2 is 1.83 bits per heavy atom. The van der Waals surface area contributed by atoms with Gasteiger partial charge in [-0.25, -0.2) is 0 Å². The van der Waals surface area contributed by atoms with Gasteiger partial charge in [-0.3, -0.25) is 0 Å². The normalized spacial score (nSPS) is 11.3. The molecule has 0 bridgehead atoms. The molecule has 0 unspecified atom stereocenters. The lowest BCUT2D eigenvalue weighted by molar-refractivity contribution is 1.02. The molecule has 3 aromatic rings. The van der Waals surface area contributed by atoms with Gasteiger partial charge in [0.15, 0.2) is 0 Å². The molecule has 3 rings (SSSR count). The number of aryl methyl sites for hydroxylation is 1. The van der Waals surface area contributed by atoms with Crippen molar-refractivity contribution in [3.63, 3.8) is 0 Å². The molecule has 1 aromatic heterocycles. The molecular weight excluding hydrogens is 339 g/mol. The molecule has 0 aliphatic rings. The van der Waals surface area contributed by atoms with Crippen LogP contribution in [0.5, 0.6) is 0 Å². The average Bonchev–Trinajstić information content (AvgIpc) is 2.94. The molecule has 0 aliphatic carbocycles. The summed E-state index contributed by atoms with van der Waals surface area (Å²) >= 11 is 12.1. The number of hydrogen-bond donors (Lipinski definition) is 0. The maximum atomic E-state index is 9.51. The van der Waals surface area contributed by atoms with Crippen molar-refractivity contribution < 1.29 is 0 Å². The summed E-state index contributed by atoms with van der Waals surface area (Å²) in [5.41, 5.74) is 4.29. The van der Waals surface area contributed by atoms with E-state index < -0.39 is 0 Å². The van der Waals surface area contributed by atoms with E-state index in [1.807, 2.05) is 55.6 Å². The molecule has 1 heterocycles. The van der Waals surface area contributed by atoms with Crippen LogP contribution in [0.3, 0.4) is 0 Å². The zero-order chi connectivity index (χ0) is 17.1. The summed E-state index contributed by atoms with van der Waals surface area (Å²) in [6, 6.07) is 19.5. The molecule has 0 amide bonds. The Kier molecular flexibility index (Phi) is 4.76. The third-order valence-corrected chi connectivity index (χ3v) is 4.27. The Hall–Kier alpha value is -2.47. The summed E-state index contributed by atoms with van der Waals surface area (Å²) in [6.45, 7) is 2.03. The van der Waals surface area contributed by atoms with E-state index in [1.54, 1.807) is 18.2 Å². The van der Waals surface area contributed by atoms with Crippen molar-refractivity contribution in [3.05, 3.63) is 87.7 Å². The number of nitriles is 1. The summed E-state index contributed by atoms with van der Waals surface area (Å²) in [4.78, 5) is 0. The van der Waals surface area contributed by atoms with Gasteiger partial charge in [-0.05, 0) is 48.9 Å².